The molecule has 0 fully saturated rings. The smallest absolute Gasteiger partial charge is 0.246 e. The monoisotopic (exact) mass is 284 g/mol. The van der Waals surface area contributed by atoms with Gasteiger partial charge >= 0.3 is 0 Å². The molecular formula is C15H16N4O2. The number of hydrogen-bond acceptors (Lipinski definition) is 4. The van der Waals surface area contributed by atoms with Crippen molar-refractivity contribution in [3.05, 3.63) is 42.0 Å². The lowest BCUT2D eigenvalue weighted by Crippen LogP contribution is -2.19. The second-order valence-electron chi connectivity index (χ2n) is 4.45. The van der Waals surface area contributed by atoms with Crippen molar-refractivity contribution in [1.82, 2.24) is 14.8 Å². The lowest BCUT2D eigenvalue weighted by Gasteiger charge is -2.07. The van der Waals surface area contributed by atoms with E-state index in [1.165, 1.54) is 17.3 Å². The van der Waals surface area contributed by atoms with E-state index in [0.717, 1.165) is 11.1 Å². The number of benzene rings is 1. The molecule has 0 unspecified atom stereocenters. The molecule has 108 valence electrons. The Balaban J connectivity index is 2.05. The fraction of sp³-hybridized carbons (Fsp3) is 0.267. The number of carbonyl (C=O) groups is 1. The molecule has 6 nitrogen and oxygen atoms in total. The first-order chi connectivity index (χ1) is 10.2. The Labute approximate surface area is 122 Å². The lowest BCUT2D eigenvalue weighted by atomic mass is 10.1. The Morgan fingerprint density at radius 1 is 1.48 bits per heavy atom. The Kier molecular flexibility index (Phi) is 5.07. The summed E-state index contributed by atoms with van der Waals surface area (Å²) in [5.41, 5.74) is 2.54. The number of anilines is 1. The van der Waals surface area contributed by atoms with Crippen LogP contribution in [-0.2, 0) is 11.3 Å². The van der Waals surface area contributed by atoms with Gasteiger partial charge in [-0.15, -0.1) is 0 Å². The van der Waals surface area contributed by atoms with Crippen LogP contribution in [0.5, 0.6) is 0 Å². The molecule has 0 bridgehead atoms. The van der Waals surface area contributed by atoms with E-state index >= 15 is 0 Å². The van der Waals surface area contributed by atoms with Crippen LogP contribution in [0, 0.1) is 18.8 Å². The number of aryl methyl sites for hydroxylation is 1. The summed E-state index contributed by atoms with van der Waals surface area (Å²) in [6.07, 6.45) is 3.30. The highest BCUT2D eigenvalue weighted by molar-refractivity contribution is 5.90. The van der Waals surface area contributed by atoms with Gasteiger partial charge in [0.2, 0.25) is 5.91 Å². The Bertz CT molecular complexity index is 669. The van der Waals surface area contributed by atoms with Crippen molar-refractivity contribution in [3.8, 4) is 11.8 Å². The molecule has 2 aromatic rings. The number of rotatable bonds is 4. The van der Waals surface area contributed by atoms with Crippen LogP contribution < -0.4 is 5.32 Å². The average molecular weight is 284 g/mol. The van der Waals surface area contributed by atoms with E-state index in [4.69, 9.17) is 5.11 Å². The summed E-state index contributed by atoms with van der Waals surface area (Å²) in [7, 11) is 0. The molecule has 1 amide bonds. The van der Waals surface area contributed by atoms with Crippen molar-refractivity contribution < 1.29 is 9.90 Å². The Morgan fingerprint density at radius 2 is 2.33 bits per heavy atom. The normalized spacial score (nSPS) is 9.81. The molecule has 0 spiro atoms. The van der Waals surface area contributed by atoms with Crippen molar-refractivity contribution in [2.24, 2.45) is 0 Å². The van der Waals surface area contributed by atoms with Crippen molar-refractivity contribution in [2.75, 3.05) is 11.9 Å². The number of amides is 1. The minimum absolute atomic E-state index is 0.0420. The number of hydrogen-bond donors (Lipinski definition) is 2. The maximum absolute atomic E-state index is 11.9. The van der Waals surface area contributed by atoms with Crippen LogP contribution in [0.15, 0.2) is 30.9 Å². The first-order valence-corrected chi connectivity index (χ1v) is 6.51. The molecule has 1 aromatic carbocycles. The van der Waals surface area contributed by atoms with Crippen LogP contribution in [0.3, 0.4) is 0 Å². The van der Waals surface area contributed by atoms with Crippen molar-refractivity contribution in [1.29, 1.82) is 0 Å². The molecular weight excluding hydrogens is 268 g/mol. The van der Waals surface area contributed by atoms with E-state index in [-0.39, 0.29) is 19.1 Å². The molecule has 6 heteroatoms. The van der Waals surface area contributed by atoms with Crippen LogP contribution in [0.2, 0.25) is 0 Å². The number of aliphatic hydroxyl groups is 1. The van der Waals surface area contributed by atoms with E-state index in [1.807, 2.05) is 25.1 Å². The predicted molar refractivity (Wildman–Crippen MR) is 78.4 cm³/mol. The third kappa shape index (κ3) is 4.44. The summed E-state index contributed by atoms with van der Waals surface area (Å²) in [6.45, 7) is 2.10. The van der Waals surface area contributed by atoms with Gasteiger partial charge in [-0.3, -0.25) is 4.79 Å². The molecule has 2 N–H and O–H groups in total. The summed E-state index contributed by atoms with van der Waals surface area (Å²) in [5.74, 6) is 5.68. The second kappa shape index (κ2) is 7.22. The van der Waals surface area contributed by atoms with Gasteiger partial charge in [-0.05, 0) is 24.6 Å². The van der Waals surface area contributed by atoms with Gasteiger partial charge in [0.15, 0.2) is 0 Å². The minimum atomic E-state index is -0.182. The van der Waals surface area contributed by atoms with E-state index in [1.54, 1.807) is 0 Å². The van der Waals surface area contributed by atoms with Gasteiger partial charge in [0, 0.05) is 17.7 Å². The van der Waals surface area contributed by atoms with Crippen molar-refractivity contribution in [2.45, 2.75) is 19.9 Å². The number of nitrogens with one attached hydrogen (secondary N) is 1. The fourth-order valence-electron chi connectivity index (χ4n) is 1.71. The summed E-state index contributed by atoms with van der Waals surface area (Å²) in [4.78, 5) is 15.7. The first-order valence-electron chi connectivity index (χ1n) is 6.51. The largest absolute Gasteiger partial charge is 0.395 e. The molecule has 0 radical (unpaired) electrons. The zero-order chi connectivity index (χ0) is 15.1. The van der Waals surface area contributed by atoms with Crippen LogP contribution in [0.1, 0.15) is 17.5 Å². The summed E-state index contributed by atoms with van der Waals surface area (Å²) in [6, 6.07) is 5.54. The number of aliphatic hydroxyl groups excluding tert-OH is 1. The van der Waals surface area contributed by atoms with Crippen LogP contribution in [0.4, 0.5) is 5.69 Å². The molecule has 0 aliphatic rings. The predicted octanol–water partition coefficient (Wildman–Crippen LogP) is 0.959. The average Bonchev–Trinajstić information content (AvgIpc) is 2.95. The number of nitrogens with zero attached hydrogens (tertiary/aromatic N) is 3. The van der Waals surface area contributed by atoms with E-state index in [2.05, 4.69) is 27.2 Å². The highest BCUT2D eigenvalue weighted by atomic mass is 16.2. The molecule has 0 aliphatic carbocycles. The van der Waals surface area contributed by atoms with Crippen molar-refractivity contribution >= 4 is 11.6 Å². The van der Waals surface area contributed by atoms with Crippen molar-refractivity contribution in [3.63, 3.8) is 0 Å². The molecule has 2 rings (SSSR count). The molecule has 1 heterocycles. The third-order valence-corrected chi connectivity index (χ3v) is 2.75. The molecule has 0 saturated carbocycles. The second-order valence-corrected chi connectivity index (χ2v) is 4.45. The fourth-order valence-corrected chi connectivity index (χ4v) is 1.71. The van der Waals surface area contributed by atoms with Gasteiger partial charge in [0.1, 0.15) is 19.2 Å². The third-order valence-electron chi connectivity index (χ3n) is 2.75. The van der Waals surface area contributed by atoms with Gasteiger partial charge in [0.25, 0.3) is 0 Å². The summed E-state index contributed by atoms with van der Waals surface area (Å²) in [5, 5.41) is 15.4. The van der Waals surface area contributed by atoms with Gasteiger partial charge in [-0.1, -0.05) is 17.9 Å². The van der Waals surface area contributed by atoms with Gasteiger partial charge in [-0.25, -0.2) is 9.67 Å². The van der Waals surface area contributed by atoms with Gasteiger partial charge in [-0.2, -0.15) is 5.10 Å². The van der Waals surface area contributed by atoms with E-state index in [0.29, 0.717) is 12.1 Å². The summed E-state index contributed by atoms with van der Waals surface area (Å²) >= 11 is 0. The zero-order valence-electron chi connectivity index (χ0n) is 11.7. The molecule has 0 aliphatic heterocycles. The highest BCUT2D eigenvalue weighted by Crippen LogP contribution is 2.14. The van der Waals surface area contributed by atoms with Gasteiger partial charge < -0.3 is 10.4 Å². The lowest BCUT2D eigenvalue weighted by molar-refractivity contribution is -0.116. The number of aromatic nitrogens is 3. The van der Waals surface area contributed by atoms with E-state index in [9.17, 15) is 4.79 Å². The standard InChI is InChI=1S/C15H16N4O2/c1-12-5-6-14(8-13(12)4-2-3-7-20)18-15(21)9-19-11-16-10-17-19/h5-6,8,10-11,20H,3,7,9H2,1H3,(H,18,21). The highest BCUT2D eigenvalue weighted by Gasteiger charge is 2.05. The van der Waals surface area contributed by atoms with Crippen LogP contribution >= 0.6 is 0 Å². The molecule has 1 aromatic heterocycles. The zero-order valence-corrected chi connectivity index (χ0v) is 11.7. The van der Waals surface area contributed by atoms with E-state index < -0.39 is 0 Å². The Morgan fingerprint density at radius 3 is 3.05 bits per heavy atom. The van der Waals surface area contributed by atoms with Crippen LogP contribution in [0.25, 0.3) is 0 Å². The Hall–Kier alpha value is -2.65. The van der Waals surface area contributed by atoms with Gasteiger partial charge in [0.05, 0.1) is 6.61 Å². The molecule has 21 heavy (non-hydrogen) atoms. The summed E-state index contributed by atoms with van der Waals surface area (Å²) < 4.78 is 1.45. The molecule has 0 atom stereocenters. The minimum Gasteiger partial charge on any atom is -0.395 e. The SMILES string of the molecule is Cc1ccc(NC(=O)Cn2cncn2)cc1C#CCCO. The number of carbonyl (C=O) groups excluding carboxylic acids is 1. The quantitative estimate of drug-likeness (QED) is 0.820. The topological polar surface area (TPSA) is 80.0 Å². The first kappa shape index (κ1) is 14.8. The maximum Gasteiger partial charge on any atom is 0.246 e. The maximum atomic E-state index is 11.9. The molecule has 0 saturated heterocycles. The van der Waals surface area contributed by atoms with Crippen LogP contribution in [-0.4, -0.2) is 32.4 Å².